The number of piperazine rings is 1. The topological polar surface area (TPSA) is 79.5 Å². The third-order valence-corrected chi connectivity index (χ3v) is 2.87. The van der Waals surface area contributed by atoms with Crippen LogP contribution in [0.1, 0.15) is 36.3 Å². The van der Waals surface area contributed by atoms with E-state index in [2.05, 4.69) is 10.2 Å². The standard InChI is InChI=1S/C11H16N4O3/c1-8(2)9-12-13-10(18-9)11(17)15-5-3-14(7-16)4-6-15/h7-8H,3-6H2,1-2H3. The second kappa shape index (κ2) is 5.16. The SMILES string of the molecule is CC(C)c1nnc(C(=O)N2CCN(C=O)CC2)o1. The van der Waals surface area contributed by atoms with Crippen LogP contribution in [0.3, 0.4) is 0 Å². The van der Waals surface area contributed by atoms with Gasteiger partial charge in [-0.2, -0.15) is 0 Å². The molecular formula is C11H16N4O3. The first-order valence-corrected chi connectivity index (χ1v) is 5.94. The summed E-state index contributed by atoms with van der Waals surface area (Å²) in [5.74, 6) is 0.328. The second-order valence-corrected chi connectivity index (χ2v) is 4.53. The van der Waals surface area contributed by atoms with E-state index in [1.54, 1.807) is 9.80 Å². The first-order chi connectivity index (χ1) is 8.61. The summed E-state index contributed by atoms with van der Waals surface area (Å²) in [5, 5.41) is 7.59. The number of hydrogen-bond acceptors (Lipinski definition) is 5. The summed E-state index contributed by atoms with van der Waals surface area (Å²) in [6.07, 6.45) is 0.797. The molecule has 7 heteroatoms. The quantitative estimate of drug-likeness (QED) is 0.713. The molecule has 7 nitrogen and oxygen atoms in total. The van der Waals surface area contributed by atoms with E-state index in [1.807, 2.05) is 13.8 Å². The number of rotatable bonds is 3. The van der Waals surface area contributed by atoms with E-state index in [0.717, 1.165) is 6.41 Å². The fourth-order valence-corrected chi connectivity index (χ4v) is 1.72. The fraction of sp³-hybridized carbons (Fsp3) is 0.636. The van der Waals surface area contributed by atoms with Gasteiger partial charge in [0.2, 0.25) is 12.3 Å². The normalized spacial score (nSPS) is 16.2. The van der Waals surface area contributed by atoms with Crippen LogP contribution in [0.15, 0.2) is 4.42 Å². The Hall–Kier alpha value is -1.92. The van der Waals surface area contributed by atoms with E-state index in [1.165, 1.54) is 0 Å². The minimum atomic E-state index is -0.264. The molecule has 1 aliphatic heterocycles. The predicted octanol–water partition coefficient (Wildman–Crippen LogP) is 0.107. The van der Waals surface area contributed by atoms with Crippen LogP contribution in [0.4, 0.5) is 0 Å². The van der Waals surface area contributed by atoms with Crippen LogP contribution in [0.5, 0.6) is 0 Å². The number of hydrogen-bond donors (Lipinski definition) is 0. The number of carbonyl (C=O) groups is 2. The molecule has 1 aromatic heterocycles. The minimum Gasteiger partial charge on any atom is -0.417 e. The molecule has 0 spiro atoms. The molecule has 1 saturated heterocycles. The molecule has 0 aromatic carbocycles. The van der Waals surface area contributed by atoms with Gasteiger partial charge in [-0.3, -0.25) is 9.59 Å². The van der Waals surface area contributed by atoms with Gasteiger partial charge in [-0.05, 0) is 0 Å². The summed E-state index contributed by atoms with van der Waals surface area (Å²) in [6.45, 7) is 5.92. The van der Waals surface area contributed by atoms with Gasteiger partial charge in [0, 0.05) is 32.1 Å². The average molecular weight is 252 g/mol. The lowest BCUT2D eigenvalue weighted by Gasteiger charge is -2.31. The van der Waals surface area contributed by atoms with Gasteiger partial charge in [0.15, 0.2) is 0 Å². The molecule has 2 amide bonds. The van der Waals surface area contributed by atoms with Crippen LogP contribution in [-0.4, -0.2) is 58.5 Å². The van der Waals surface area contributed by atoms with E-state index in [9.17, 15) is 9.59 Å². The molecular weight excluding hydrogens is 236 g/mol. The van der Waals surface area contributed by atoms with Crippen LogP contribution in [0.2, 0.25) is 0 Å². The smallest absolute Gasteiger partial charge is 0.311 e. The molecule has 0 saturated carbocycles. The molecule has 0 aliphatic carbocycles. The van der Waals surface area contributed by atoms with Crippen molar-refractivity contribution in [1.82, 2.24) is 20.0 Å². The Morgan fingerprint density at radius 3 is 2.44 bits per heavy atom. The molecule has 18 heavy (non-hydrogen) atoms. The largest absolute Gasteiger partial charge is 0.417 e. The third-order valence-electron chi connectivity index (χ3n) is 2.87. The van der Waals surface area contributed by atoms with Gasteiger partial charge in [-0.15, -0.1) is 10.2 Å². The highest BCUT2D eigenvalue weighted by Gasteiger charge is 2.25. The molecule has 0 atom stereocenters. The highest BCUT2D eigenvalue weighted by Crippen LogP contribution is 2.13. The van der Waals surface area contributed by atoms with E-state index in [0.29, 0.717) is 32.1 Å². The zero-order valence-corrected chi connectivity index (χ0v) is 10.5. The molecule has 2 heterocycles. The number of carbonyl (C=O) groups excluding carboxylic acids is 2. The van der Waals surface area contributed by atoms with Crippen molar-refractivity contribution in [1.29, 1.82) is 0 Å². The summed E-state index contributed by atoms with van der Waals surface area (Å²) >= 11 is 0. The number of nitrogens with zero attached hydrogens (tertiary/aromatic N) is 4. The summed E-state index contributed by atoms with van der Waals surface area (Å²) in [6, 6.07) is 0. The third kappa shape index (κ3) is 2.49. The Morgan fingerprint density at radius 1 is 1.28 bits per heavy atom. The lowest BCUT2D eigenvalue weighted by molar-refractivity contribution is -0.119. The van der Waals surface area contributed by atoms with Gasteiger partial charge < -0.3 is 14.2 Å². The van der Waals surface area contributed by atoms with Crippen LogP contribution in [-0.2, 0) is 4.79 Å². The van der Waals surface area contributed by atoms with Crippen molar-refractivity contribution < 1.29 is 14.0 Å². The Bertz CT molecular complexity index is 435. The van der Waals surface area contributed by atoms with Gasteiger partial charge in [-0.25, -0.2) is 0 Å². The van der Waals surface area contributed by atoms with Crippen molar-refractivity contribution in [3.63, 3.8) is 0 Å². The highest BCUT2D eigenvalue weighted by atomic mass is 16.4. The fourth-order valence-electron chi connectivity index (χ4n) is 1.72. The molecule has 0 radical (unpaired) electrons. The van der Waals surface area contributed by atoms with Crippen LogP contribution in [0.25, 0.3) is 0 Å². The lowest BCUT2D eigenvalue weighted by atomic mass is 10.2. The maximum Gasteiger partial charge on any atom is 0.311 e. The molecule has 1 fully saturated rings. The van der Waals surface area contributed by atoms with Gasteiger partial charge in [0.05, 0.1) is 0 Å². The molecule has 0 N–H and O–H groups in total. The van der Waals surface area contributed by atoms with E-state index in [-0.39, 0.29) is 17.7 Å². The maximum atomic E-state index is 12.1. The highest BCUT2D eigenvalue weighted by molar-refractivity contribution is 5.89. The predicted molar refractivity (Wildman–Crippen MR) is 61.9 cm³/mol. The zero-order valence-electron chi connectivity index (χ0n) is 10.5. The number of amides is 2. The van der Waals surface area contributed by atoms with E-state index >= 15 is 0 Å². The number of aromatic nitrogens is 2. The van der Waals surface area contributed by atoms with Gasteiger partial charge in [0.25, 0.3) is 0 Å². The molecule has 98 valence electrons. The average Bonchev–Trinajstić information content (AvgIpc) is 2.88. The van der Waals surface area contributed by atoms with Crippen molar-refractivity contribution in [3.8, 4) is 0 Å². The van der Waals surface area contributed by atoms with Gasteiger partial charge >= 0.3 is 11.8 Å². The summed E-state index contributed by atoms with van der Waals surface area (Å²) in [5.41, 5.74) is 0. The van der Waals surface area contributed by atoms with Crippen molar-refractivity contribution >= 4 is 12.3 Å². The summed E-state index contributed by atoms with van der Waals surface area (Å²) in [7, 11) is 0. The molecule has 2 rings (SSSR count). The lowest BCUT2D eigenvalue weighted by Crippen LogP contribution is -2.48. The molecule has 0 bridgehead atoms. The molecule has 1 aliphatic rings. The van der Waals surface area contributed by atoms with Crippen LogP contribution < -0.4 is 0 Å². The Morgan fingerprint density at radius 2 is 1.94 bits per heavy atom. The van der Waals surface area contributed by atoms with Crippen molar-refractivity contribution in [2.75, 3.05) is 26.2 Å². The first-order valence-electron chi connectivity index (χ1n) is 5.94. The monoisotopic (exact) mass is 252 g/mol. The van der Waals surface area contributed by atoms with Crippen molar-refractivity contribution in [3.05, 3.63) is 11.8 Å². The summed E-state index contributed by atoms with van der Waals surface area (Å²) in [4.78, 5) is 25.9. The first kappa shape index (κ1) is 12.5. The van der Waals surface area contributed by atoms with Crippen LogP contribution in [0, 0.1) is 0 Å². The molecule has 0 unspecified atom stereocenters. The zero-order chi connectivity index (χ0) is 13.1. The van der Waals surface area contributed by atoms with E-state index in [4.69, 9.17) is 4.42 Å². The van der Waals surface area contributed by atoms with Gasteiger partial charge in [-0.1, -0.05) is 13.8 Å². The Balaban J connectivity index is 2.00. The second-order valence-electron chi connectivity index (χ2n) is 4.53. The Labute approximate surface area is 105 Å². The van der Waals surface area contributed by atoms with Crippen molar-refractivity contribution in [2.24, 2.45) is 0 Å². The molecule has 1 aromatic rings. The summed E-state index contributed by atoms with van der Waals surface area (Å²) < 4.78 is 5.32. The van der Waals surface area contributed by atoms with Gasteiger partial charge in [0.1, 0.15) is 0 Å². The Kier molecular flexibility index (Phi) is 3.59. The van der Waals surface area contributed by atoms with E-state index < -0.39 is 0 Å². The maximum absolute atomic E-state index is 12.1. The van der Waals surface area contributed by atoms with Crippen LogP contribution >= 0.6 is 0 Å². The van der Waals surface area contributed by atoms with Crippen molar-refractivity contribution in [2.45, 2.75) is 19.8 Å². The minimum absolute atomic E-state index is 0.0262.